The van der Waals surface area contributed by atoms with E-state index < -0.39 is 76.6 Å². The molecule has 0 fully saturated rings. The molecule has 1 aromatic carbocycles. The number of halogens is 20. The lowest BCUT2D eigenvalue weighted by Gasteiger charge is -2.36. The number of benzene rings is 1. The fraction of sp³-hybridized carbons (Fsp3) is 0.381. The number of nitriles is 1. The molecule has 0 amide bonds. The summed E-state index contributed by atoms with van der Waals surface area (Å²) >= 11 is 1.65. The summed E-state index contributed by atoms with van der Waals surface area (Å²) < 4.78 is 222. The molecule has 0 unspecified atom stereocenters. The van der Waals surface area contributed by atoms with E-state index in [-0.39, 0.29) is 16.8 Å². The highest BCUT2D eigenvalue weighted by atomic mass is 127. The molecular weight excluding hydrogens is 797 g/mol. The van der Waals surface area contributed by atoms with Gasteiger partial charge in [-0.3, -0.25) is 4.70 Å². The molecule has 0 aromatic heterocycles. The number of hydrogen-bond donors (Lipinski definition) is 2. The van der Waals surface area contributed by atoms with Gasteiger partial charge in [0.05, 0.1) is 6.07 Å². The van der Waals surface area contributed by atoms with Crippen LogP contribution in [0.15, 0.2) is 49.6 Å². The van der Waals surface area contributed by atoms with Crippen molar-refractivity contribution < 1.29 is 93.9 Å². The van der Waals surface area contributed by atoms with E-state index in [1.165, 1.54) is 6.08 Å². The third-order valence-corrected chi connectivity index (χ3v) is 4.44. The van der Waals surface area contributed by atoms with Crippen molar-refractivity contribution in [2.75, 3.05) is 0 Å². The fourth-order valence-corrected chi connectivity index (χ4v) is 2.32. The standard InChI is InChI=1S/C14H8F12O2.C4H2F6.C3H3N.BI.FH/c1-2-6-3-7(9(27,11(15,16)17)12(18,19)20)5-8(4-6)10(28,13(21,22)23)14(24,25)26;1-2(3(5,6)7)4(8,9)10;1-2-3-4;1-2;/h2-5,27-28H,1H2;1H2;2H,1H2;;1H. The van der Waals surface area contributed by atoms with Gasteiger partial charge >= 0.3 is 37.1 Å². The van der Waals surface area contributed by atoms with Gasteiger partial charge in [0.2, 0.25) is 0 Å². The van der Waals surface area contributed by atoms with E-state index in [4.69, 9.17) is 5.26 Å². The average molecular weight is 811 g/mol. The molecule has 258 valence electrons. The zero-order valence-corrected chi connectivity index (χ0v) is 23.2. The van der Waals surface area contributed by atoms with Crippen LogP contribution in [0.4, 0.5) is 83.7 Å². The first-order valence-corrected chi connectivity index (χ1v) is 11.0. The van der Waals surface area contributed by atoms with Crippen LogP contribution in [-0.2, 0) is 11.2 Å². The third-order valence-electron chi connectivity index (χ3n) is 4.44. The fourth-order valence-electron chi connectivity index (χ4n) is 2.32. The minimum absolute atomic E-state index is 0. The number of rotatable bonds is 3. The quantitative estimate of drug-likeness (QED) is 0.105. The number of allylic oxidation sites excluding steroid dienone is 2. The molecule has 0 aliphatic carbocycles. The van der Waals surface area contributed by atoms with Gasteiger partial charge in [-0.2, -0.15) is 107 Å². The number of aliphatic hydroxyl groups is 2. The highest BCUT2D eigenvalue weighted by Crippen LogP contribution is 2.54. The first-order chi connectivity index (χ1) is 19.2. The summed E-state index contributed by atoms with van der Waals surface area (Å²) in [5.74, 6) is 0. The maximum atomic E-state index is 12.9. The van der Waals surface area contributed by atoms with Gasteiger partial charge in [0, 0.05) is 17.2 Å². The van der Waals surface area contributed by atoms with Crippen LogP contribution >= 0.6 is 22.4 Å². The summed E-state index contributed by atoms with van der Waals surface area (Å²) in [6.07, 6.45) is -35.6. The van der Waals surface area contributed by atoms with Crippen molar-refractivity contribution in [3.8, 4) is 6.07 Å². The molecule has 2 N–H and O–H groups in total. The monoisotopic (exact) mass is 811 g/mol. The molecule has 45 heavy (non-hydrogen) atoms. The van der Waals surface area contributed by atoms with Crippen molar-refractivity contribution in [1.82, 2.24) is 0 Å². The third kappa shape index (κ3) is 12.2. The van der Waals surface area contributed by atoms with Gasteiger partial charge in [-0.15, -0.1) is 0 Å². The van der Waals surface area contributed by atoms with E-state index in [1.807, 2.05) is 6.58 Å². The SMILES string of the molecule is C=C(C(F)(F)F)C(F)(F)F.C=CC#N.C=Cc1cc(C(O)(C(F)(F)F)C(F)(F)F)cc(C(O)(C(F)(F)F)C(F)(F)F)c1.F.[B]I. The van der Waals surface area contributed by atoms with Crippen LogP contribution in [0.5, 0.6) is 0 Å². The van der Waals surface area contributed by atoms with Crippen molar-refractivity contribution in [1.29, 1.82) is 5.26 Å². The van der Waals surface area contributed by atoms with Crippen LogP contribution < -0.4 is 0 Å². The van der Waals surface area contributed by atoms with E-state index in [0.717, 1.165) is 0 Å². The second-order valence-corrected chi connectivity index (χ2v) is 7.27. The van der Waals surface area contributed by atoms with Gasteiger partial charge in [-0.25, -0.2) is 0 Å². The summed E-state index contributed by atoms with van der Waals surface area (Å²) in [6, 6.07) is 0.504. The lowest BCUT2D eigenvalue weighted by molar-refractivity contribution is -0.378. The minimum atomic E-state index is -6.59. The van der Waals surface area contributed by atoms with Gasteiger partial charge in [-0.1, -0.05) is 25.8 Å². The Balaban J connectivity index is -0.000000410. The van der Waals surface area contributed by atoms with Crippen LogP contribution in [0.3, 0.4) is 0 Å². The Labute approximate surface area is 254 Å². The Kier molecular flexibility index (Phi) is 18.3. The molecule has 0 bridgehead atoms. The predicted octanol–water partition coefficient (Wildman–Crippen LogP) is 8.97. The van der Waals surface area contributed by atoms with Crippen LogP contribution in [0.25, 0.3) is 6.08 Å². The van der Waals surface area contributed by atoms with Crippen molar-refractivity contribution >= 4 is 34.2 Å². The summed E-state index contributed by atoms with van der Waals surface area (Å²) in [7, 11) is 0. The second-order valence-electron chi connectivity index (χ2n) is 7.27. The Bertz CT molecular complexity index is 1060. The lowest BCUT2D eigenvalue weighted by atomic mass is 9.84. The maximum absolute atomic E-state index is 12.9. The second kappa shape index (κ2) is 16.8. The van der Waals surface area contributed by atoms with Crippen LogP contribution in [0, 0.1) is 11.3 Å². The van der Waals surface area contributed by atoms with E-state index >= 15 is 0 Å². The van der Waals surface area contributed by atoms with Gasteiger partial charge < -0.3 is 10.2 Å². The van der Waals surface area contributed by atoms with E-state index in [9.17, 15) is 89.2 Å². The molecule has 0 saturated carbocycles. The summed E-state index contributed by atoms with van der Waals surface area (Å²) in [4.78, 5) is 0. The molecule has 24 heteroatoms. The highest BCUT2D eigenvalue weighted by Gasteiger charge is 2.74. The van der Waals surface area contributed by atoms with Crippen molar-refractivity contribution in [2.24, 2.45) is 0 Å². The van der Waals surface area contributed by atoms with Crippen molar-refractivity contribution in [2.45, 2.75) is 48.3 Å². The largest absolute Gasteiger partial charge is 0.430 e. The van der Waals surface area contributed by atoms with Crippen molar-refractivity contribution in [3.05, 3.63) is 66.3 Å². The van der Waals surface area contributed by atoms with Crippen LogP contribution in [0.1, 0.15) is 16.7 Å². The zero-order valence-electron chi connectivity index (χ0n) is 21.0. The normalized spacial score (nSPS) is 12.7. The Hall–Kier alpha value is -2.69. The first-order valence-electron chi connectivity index (χ1n) is 9.77. The lowest BCUT2D eigenvalue weighted by Crippen LogP contribution is -2.55. The van der Waals surface area contributed by atoms with E-state index in [1.54, 1.807) is 28.4 Å². The molecule has 0 aliphatic rings. The zero-order chi connectivity index (χ0) is 36.6. The molecule has 3 nitrogen and oxygen atoms in total. The summed E-state index contributed by atoms with van der Waals surface area (Å²) in [5, 5.41) is 26.0. The van der Waals surface area contributed by atoms with Gasteiger partial charge in [0.1, 0.15) is 5.57 Å². The average Bonchev–Trinajstić information content (AvgIpc) is 2.84. The maximum Gasteiger partial charge on any atom is 0.430 e. The van der Waals surface area contributed by atoms with Crippen LogP contribution in [0.2, 0.25) is 0 Å². The molecule has 0 aliphatic heterocycles. The Morgan fingerprint density at radius 1 is 0.644 bits per heavy atom. The first kappa shape index (κ1) is 49.2. The molecule has 1 rings (SSSR count). The predicted molar refractivity (Wildman–Crippen MR) is 128 cm³/mol. The molecular formula is C21H14BF19INO2. The van der Waals surface area contributed by atoms with E-state index in [0.29, 0.717) is 6.08 Å². The smallest absolute Gasteiger partial charge is 0.369 e. The molecule has 1 aromatic rings. The summed E-state index contributed by atoms with van der Waals surface area (Å²) in [6.45, 7) is 7.80. The van der Waals surface area contributed by atoms with Gasteiger partial charge in [0.15, 0.2) is 5.70 Å². The van der Waals surface area contributed by atoms with Gasteiger partial charge in [-0.05, 0) is 23.8 Å². The summed E-state index contributed by atoms with van der Waals surface area (Å²) in [5.41, 5.74) is -15.8. The molecule has 0 spiro atoms. The number of nitrogens with zero attached hydrogens (tertiary/aromatic N) is 1. The van der Waals surface area contributed by atoms with E-state index in [2.05, 4.69) is 18.9 Å². The Morgan fingerprint density at radius 2 is 0.867 bits per heavy atom. The Morgan fingerprint density at radius 3 is 0.978 bits per heavy atom. The topological polar surface area (TPSA) is 64.2 Å². The molecule has 0 atom stereocenters. The van der Waals surface area contributed by atoms with Crippen LogP contribution in [-0.4, -0.2) is 53.0 Å². The highest BCUT2D eigenvalue weighted by molar-refractivity contribution is 14.1. The van der Waals surface area contributed by atoms with Gasteiger partial charge in [0.25, 0.3) is 11.2 Å². The molecule has 0 saturated heterocycles. The molecule has 2 radical (unpaired) electrons. The molecule has 0 heterocycles. The minimum Gasteiger partial charge on any atom is -0.369 e. The van der Waals surface area contributed by atoms with Crippen molar-refractivity contribution in [3.63, 3.8) is 0 Å². The number of hydrogen-bond acceptors (Lipinski definition) is 3. The number of alkyl halides is 18.